The van der Waals surface area contributed by atoms with Gasteiger partial charge in [0.25, 0.3) is 0 Å². The molecule has 0 radical (unpaired) electrons. The van der Waals surface area contributed by atoms with E-state index < -0.39 is 0 Å². The predicted molar refractivity (Wildman–Crippen MR) is 91.2 cm³/mol. The minimum Gasteiger partial charge on any atom is -0.261 e. The van der Waals surface area contributed by atoms with Crippen molar-refractivity contribution in [1.82, 2.24) is 0 Å². The van der Waals surface area contributed by atoms with Gasteiger partial charge in [0.15, 0.2) is 0 Å². The Kier molecular flexibility index (Phi) is 7.64. The van der Waals surface area contributed by atoms with Crippen LogP contribution >= 0.6 is 0 Å². The number of aliphatic imine (C=N–C) groups is 1. The van der Waals surface area contributed by atoms with Crippen LogP contribution in [0, 0.1) is 12.8 Å². The molecule has 1 nitrogen and oxygen atoms in total. The van der Waals surface area contributed by atoms with Crippen molar-refractivity contribution in [2.24, 2.45) is 10.9 Å². The average Bonchev–Trinajstić information content (AvgIpc) is 2.47. The molecule has 0 aliphatic rings. The van der Waals surface area contributed by atoms with Gasteiger partial charge in [-0.25, -0.2) is 0 Å². The number of hydrogen-bond acceptors (Lipinski definition) is 1. The zero-order valence-corrected chi connectivity index (χ0v) is 13.3. The molecule has 0 aliphatic carbocycles. The fourth-order valence-corrected chi connectivity index (χ4v) is 2.09. The molecule has 0 spiro atoms. The van der Waals surface area contributed by atoms with Crippen LogP contribution in [0.25, 0.3) is 5.70 Å². The molecule has 1 aromatic carbocycles. The van der Waals surface area contributed by atoms with E-state index in [-0.39, 0.29) is 0 Å². The molecule has 1 rings (SSSR count). The van der Waals surface area contributed by atoms with Crippen LogP contribution in [0.2, 0.25) is 0 Å². The lowest BCUT2D eigenvalue weighted by atomic mass is 10.0. The lowest BCUT2D eigenvalue weighted by molar-refractivity contribution is 0.624. The second kappa shape index (κ2) is 9.30. The first-order chi connectivity index (χ1) is 9.71. The molecular formula is C19H27N. The normalized spacial score (nSPS) is 14.3. The maximum absolute atomic E-state index is 4.70. The van der Waals surface area contributed by atoms with E-state index in [9.17, 15) is 0 Å². The Labute approximate surface area is 124 Å². The Morgan fingerprint density at radius 3 is 2.45 bits per heavy atom. The van der Waals surface area contributed by atoms with E-state index in [1.54, 1.807) is 0 Å². The van der Waals surface area contributed by atoms with E-state index in [1.165, 1.54) is 17.5 Å². The molecule has 0 saturated heterocycles. The molecule has 1 atom stereocenters. The topological polar surface area (TPSA) is 12.4 Å². The Bertz CT molecular complexity index is 463. The highest BCUT2D eigenvalue weighted by atomic mass is 14.7. The van der Waals surface area contributed by atoms with Crippen LogP contribution in [-0.4, -0.2) is 6.21 Å². The zero-order chi connectivity index (χ0) is 14.8. The Balaban J connectivity index is 2.71. The van der Waals surface area contributed by atoms with Gasteiger partial charge in [0, 0.05) is 6.21 Å². The number of hydrogen-bond donors (Lipinski definition) is 0. The fourth-order valence-electron chi connectivity index (χ4n) is 2.09. The second-order valence-electron chi connectivity index (χ2n) is 5.13. The smallest absolute Gasteiger partial charge is 0.0655 e. The van der Waals surface area contributed by atoms with Gasteiger partial charge in [-0.15, -0.1) is 0 Å². The highest BCUT2D eigenvalue weighted by Gasteiger charge is 2.03. The van der Waals surface area contributed by atoms with Crippen molar-refractivity contribution in [3.05, 3.63) is 53.6 Å². The Morgan fingerprint density at radius 2 is 1.90 bits per heavy atom. The van der Waals surface area contributed by atoms with Crippen molar-refractivity contribution >= 4 is 11.9 Å². The van der Waals surface area contributed by atoms with Crippen LogP contribution in [0.3, 0.4) is 0 Å². The van der Waals surface area contributed by atoms with Crippen LogP contribution in [-0.2, 0) is 0 Å². The number of benzene rings is 1. The molecule has 0 aromatic heterocycles. The largest absolute Gasteiger partial charge is 0.261 e. The monoisotopic (exact) mass is 269 g/mol. The van der Waals surface area contributed by atoms with Gasteiger partial charge in [0.1, 0.15) is 0 Å². The summed E-state index contributed by atoms with van der Waals surface area (Å²) in [7, 11) is 0. The third-order valence-electron chi connectivity index (χ3n) is 3.51. The molecule has 0 heterocycles. The van der Waals surface area contributed by atoms with E-state index in [0.29, 0.717) is 5.92 Å². The summed E-state index contributed by atoms with van der Waals surface area (Å²) >= 11 is 0. The zero-order valence-electron chi connectivity index (χ0n) is 13.3. The molecule has 0 fully saturated rings. The molecule has 108 valence electrons. The maximum atomic E-state index is 4.70. The summed E-state index contributed by atoms with van der Waals surface area (Å²) in [6.45, 7) is 8.46. The highest BCUT2D eigenvalue weighted by Crippen LogP contribution is 2.18. The van der Waals surface area contributed by atoms with Gasteiger partial charge in [0.2, 0.25) is 0 Å². The molecule has 1 heteroatoms. The number of allylic oxidation sites excluding steroid dienone is 3. The van der Waals surface area contributed by atoms with Crippen molar-refractivity contribution in [2.45, 2.75) is 47.0 Å². The van der Waals surface area contributed by atoms with Gasteiger partial charge in [0.05, 0.1) is 5.70 Å². The first-order valence-electron chi connectivity index (χ1n) is 7.60. The van der Waals surface area contributed by atoms with E-state index in [4.69, 9.17) is 4.99 Å². The third-order valence-corrected chi connectivity index (χ3v) is 3.51. The quantitative estimate of drug-likeness (QED) is 0.437. The molecule has 0 bridgehead atoms. The summed E-state index contributed by atoms with van der Waals surface area (Å²) in [5.41, 5.74) is 3.54. The van der Waals surface area contributed by atoms with E-state index in [1.807, 2.05) is 6.92 Å². The summed E-state index contributed by atoms with van der Waals surface area (Å²) < 4.78 is 0. The summed E-state index contributed by atoms with van der Waals surface area (Å²) in [5, 5.41) is 0. The predicted octanol–water partition coefficient (Wildman–Crippen LogP) is 5.81. The minimum absolute atomic E-state index is 0.562. The molecule has 0 saturated carbocycles. The summed E-state index contributed by atoms with van der Waals surface area (Å²) in [5.74, 6) is 0.562. The van der Waals surface area contributed by atoms with Gasteiger partial charge in [-0.1, -0.05) is 55.0 Å². The minimum atomic E-state index is 0.562. The summed E-state index contributed by atoms with van der Waals surface area (Å²) in [6, 6.07) is 8.56. The molecular weight excluding hydrogens is 242 g/mol. The van der Waals surface area contributed by atoms with Crippen molar-refractivity contribution < 1.29 is 0 Å². The lowest BCUT2D eigenvalue weighted by Crippen LogP contribution is -2.00. The van der Waals surface area contributed by atoms with Crippen LogP contribution in [0.1, 0.15) is 51.2 Å². The van der Waals surface area contributed by atoms with Gasteiger partial charge in [-0.3, -0.25) is 4.99 Å². The number of nitrogens with zero attached hydrogens (tertiary/aromatic N) is 1. The first-order valence-corrected chi connectivity index (χ1v) is 7.60. The number of rotatable bonds is 7. The third kappa shape index (κ3) is 5.56. The Morgan fingerprint density at radius 1 is 1.20 bits per heavy atom. The molecule has 1 aromatic rings. The number of aryl methyl sites for hydroxylation is 1. The van der Waals surface area contributed by atoms with Crippen LogP contribution in [0.5, 0.6) is 0 Å². The molecule has 20 heavy (non-hydrogen) atoms. The fraction of sp³-hybridized carbons (Fsp3) is 0.421. The van der Waals surface area contributed by atoms with Crippen molar-refractivity contribution in [3.8, 4) is 0 Å². The van der Waals surface area contributed by atoms with E-state index in [2.05, 4.69) is 69.5 Å². The standard InChI is InChI=1S/C19H27N/c1-5-8-9-10-17(6-2)15-20-19(7-3)18-13-11-16(4)12-14-18/h5,7-8,11-15,17H,6,9-10H2,1-4H3/b8-5-,19-7-,20-15?. The van der Waals surface area contributed by atoms with Gasteiger partial charge in [-0.2, -0.15) is 0 Å². The lowest BCUT2D eigenvalue weighted by Gasteiger charge is -2.08. The molecule has 0 N–H and O–H groups in total. The SMILES string of the molecule is C/C=C\CCC(C=N/C(=C\C)c1ccc(C)cc1)CC. The molecule has 0 aliphatic heterocycles. The summed E-state index contributed by atoms with van der Waals surface area (Å²) in [4.78, 5) is 4.70. The second-order valence-corrected chi connectivity index (χ2v) is 5.13. The highest BCUT2D eigenvalue weighted by molar-refractivity contribution is 5.74. The van der Waals surface area contributed by atoms with E-state index >= 15 is 0 Å². The van der Waals surface area contributed by atoms with Crippen molar-refractivity contribution in [1.29, 1.82) is 0 Å². The first kappa shape index (κ1) is 16.4. The van der Waals surface area contributed by atoms with Crippen LogP contribution < -0.4 is 0 Å². The van der Waals surface area contributed by atoms with Crippen molar-refractivity contribution in [3.63, 3.8) is 0 Å². The van der Waals surface area contributed by atoms with Crippen LogP contribution in [0.15, 0.2) is 47.5 Å². The van der Waals surface area contributed by atoms with Gasteiger partial charge < -0.3 is 0 Å². The van der Waals surface area contributed by atoms with Crippen molar-refractivity contribution in [2.75, 3.05) is 0 Å². The summed E-state index contributed by atoms with van der Waals surface area (Å²) in [6.07, 6.45) is 12.0. The van der Waals surface area contributed by atoms with Gasteiger partial charge >= 0.3 is 0 Å². The Hall–Kier alpha value is -1.63. The molecule has 0 amide bonds. The average molecular weight is 269 g/mol. The maximum Gasteiger partial charge on any atom is 0.0655 e. The van der Waals surface area contributed by atoms with Gasteiger partial charge in [-0.05, 0) is 51.5 Å². The molecule has 1 unspecified atom stereocenters. The van der Waals surface area contributed by atoms with E-state index in [0.717, 1.165) is 18.5 Å². The van der Waals surface area contributed by atoms with Crippen LogP contribution in [0.4, 0.5) is 0 Å².